The number of hydrogen-bond acceptors (Lipinski definition) is 2. The van der Waals surface area contributed by atoms with Gasteiger partial charge in [-0.2, -0.15) is 26.3 Å². The fourth-order valence-corrected chi connectivity index (χ4v) is 2.84. The van der Waals surface area contributed by atoms with E-state index < -0.39 is 34.9 Å². The van der Waals surface area contributed by atoms with E-state index in [0.717, 1.165) is 25.0 Å². The largest absolute Gasteiger partial charge is 0.453 e. The molecule has 0 amide bonds. The van der Waals surface area contributed by atoms with E-state index in [1.54, 1.807) is 18.2 Å². The molecule has 2 atom stereocenters. The van der Waals surface area contributed by atoms with Crippen LogP contribution in [-0.4, -0.2) is 29.2 Å². The molecule has 1 rings (SSSR count). The summed E-state index contributed by atoms with van der Waals surface area (Å²) in [6, 6.07) is 0. The van der Waals surface area contributed by atoms with Gasteiger partial charge in [0.2, 0.25) is 0 Å². The van der Waals surface area contributed by atoms with Gasteiger partial charge in [-0.15, -0.1) is 0 Å². The summed E-state index contributed by atoms with van der Waals surface area (Å²) in [5.41, 5.74) is -1.05. The summed E-state index contributed by atoms with van der Waals surface area (Å²) in [6.45, 7) is 14.4. The topological polar surface area (TPSA) is 18.5 Å². The van der Waals surface area contributed by atoms with Crippen LogP contribution in [0.4, 0.5) is 26.3 Å². The lowest BCUT2D eigenvalue weighted by molar-refractivity contribution is -0.560. The second-order valence-corrected chi connectivity index (χ2v) is 8.89. The molecule has 2 nitrogen and oxygen atoms in total. The van der Waals surface area contributed by atoms with E-state index in [4.69, 9.17) is 0 Å². The summed E-state index contributed by atoms with van der Waals surface area (Å²) in [7, 11) is 0. The first-order chi connectivity index (χ1) is 13.9. The monoisotopic (exact) mass is 454 g/mol. The normalized spacial score (nSPS) is 29.1. The fraction of sp³-hybridized carbons (Fsp3) is 0.652. The van der Waals surface area contributed by atoms with Crippen LogP contribution in [0.5, 0.6) is 0 Å². The van der Waals surface area contributed by atoms with Gasteiger partial charge >= 0.3 is 23.6 Å². The van der Waals surface area contributed by atoms with Crippen LogP contribution in [0.3, 0.4) is 0 Å². The average Bonchev–Trinajstić information content (AvgIpc) is 2.65. The van der Waals surface area contributed by atoms with E-state index in [1.807, 2.05) is 20.8 Å². The third-order valence-electron chi connectivity index (χ3n) is 5.76. The number of allylic oxidation sites excluding steroid dienone is 7. The predicted molar refractivity (Wildman–Crippen MR) is 109 cm³/mol. The minimum absolute atomic E-state index is 0.0282. The van der Waals surface area contributed by atoms with Gasteiger partial charge in [-0.05, 0) is 50.7 Å². The maximum absolute atomic E-state index is 15.1. The van der Waals surface area contributed by atoms with E-state index in [2.05, 4.69) is 16.1 Å². The molecule has 0 heterocycles. The van der Waals surface area contributed by atoms with Crippen LogP contribution < -0.4 is 0 Å². The zero-order valence-electron chi connectivity index (χ0n) is 19.1. The highest BCUT2D eigenvalue weighted by molar-refractivity contribution is 5.31. The smallest absolute Gasteiger partial charge is 0.390 e. The highest BCUT2D eigenvalue weighted by Gasteiger charge is 3.02. The van der Waals surface area contributed by atoms with Crippen LogP contribution >= 0.6 is 0 Å². The molecule has 0 aromatic heterocycles. The van der Waals surface area contributed by atoms with Crippen LogP contribution in [0.25, 0.3) is 0 Å². The van der Waals surface area contributed by atoms with Crippen molar-refractivity contribution in [1.29, 1.82) is 0 Å². The van der Waals surface area contributed by atoms with E-state index in [-0.39, 0.29) is 11.8 Å². The molecule has 0 spiro atoms. The maximum atomic E-state index is 15.1. The van der Waals surface area contributed by atoms with Crippen molar-refractivity contribution in [2.24, 2.45) is 5.41 Å². The average molecular weight is 454 g/mol. The Kier molecular flexibility index (Phi) is 7.65. The van der Waals surface area contributed by atoms with Crippen LogP contribution in [0.15, 0.2) is 48.3 Å². The summed E-state index contributed by atoms with van der Waals surface area (Å²) in [6.07, 6.45) is 8.14. The van der Waals surface area contributed by atoms with Crippen LogP contribution in [0, 0.1) is 5.41 Å². The molecule has 1 saturated carbocycles. The third kappa shape index (κ3) is 4.45. The molecule has 8 heteroatoms. The molecule has 1 aliphatic rings. The van der Waals surface area contributed by atoms with Crippen molar-refractivity contribution >= 4 is 0 Å². The van der Waals surface area contributed by atoms with Crippen molar-refractivity contribution in [3.63, 3.8) is 0 Å². The number of ether oxygens (including phenoxy) is 2. The predicted octanol–water partition coefficient (Wildman–Crippen LogP) is 7.83. The first-order valence-corrected chi connectivity index (χ1v) is 10.1. The Morgan fingerprint density at radius 3 is 1.84 bits per heavy atom. The standard InChI is InChI=1S/C23H32F6O2/c1-9-13-17(18(5,6)10-2)15-12-14-16(4)30-22(28)20(24,25)21(26,27)23(22,29)31-19(7,8)11-3/h9,12-15H,1,10-11H2,2-8H3/b15-12-,16-14+,17-13+. The van der Waals surface area contributed by atoms with E-state index in [0.29, 0.717) is 0 Å². The molecule has 1 fully saturated rings. The second kappa shape index (κ2) is 8.68. The first-order valence-electron chi connectivity index (χ1n) is 10.1. The van der Waals surface area contributed by atoms with Crippen molar-refractivity contribution in [3.8, 4) is 0 Å². The molecule has 0 aromatic rings. The number of rotatable bonds is 10. The number of alkyl halides is 6. The highest BCUT2D eigenvalue weighted by Crippen LogP contribution is 2.70. The maximum Gasteiger partial charge on any atom is 0.390 e. The lowest BCUT2D eigenvalue weighted by atomic mass is 9.75. The van der Waals surface area contributed by atoms with Crippen LogP contribution in [0.2, 0.25) is 0 Å². The van der Waals surface area contributed by atoms with E-state index in [1.165, 1.54) is 26.8 Å². The van der Waals surface area contributed by atoms with Gasteiger partial charge in [-0.25, -0.2) is 0 Å². The Bertz CT molecular complexity index is 766. The second-order valence-electron chi connectivity index (χ2n) is 8.89. The molecule has 0 aliphatic heterocycles. The summed E-state index contributed by atoms with van der Waals surface area (Å²) >= 11 is 0. The van der Waals surface area contributed by atoms with E-state index in [9.17, 15) is 17.6 Å². The number of hydrogen-bond donors (Lipinski definition) is 0. The molecule has 0 aromatic carbocycles. The molecule has 31 heavy (non-hydrogen) atoms. The van der Waals surface area contributed by atoms with E-state index >= 15 is 8.78 Å². The van der Waals surface area contributed by atoms with Gasteiger partial charge in [0.25, 0.3) is 0 Å². The molecular formula is C23H32F6O2. The number of halogens is 6. The van der Waals surface area contributed by atoms with Crippen LogP contribution in [-0.2, 0) is 9.47 Å². The highest BCUT2D eigenvalue weighted by atomic mass is 19.3. The minimum atomic E-state index is -5.44. The zero-order chi connectivity index (χ0) is 24.5. The van der Waals surface area contributed by atoms with Crippen molar-refractivity contribution in [1.82, 2.24) is 0 Å². The van der Waals surface area contributed by atoms with Crippen LogP contribution in [0.1, 0.15) is 61.3 Å². The molecule has 0 saturated heterocycles. The summed E-state index contributed by atoms with van der Waals surface area (Å²) in [4.78, 5) is 0. The molecule has 0 bridgehead atoms. The molecule has 0 radical (unpaired) electrons. The van der Waals surface area contributed by atoms with Crippen molar-refractivity contribution < 1.29 is 35.8 Å². The Labute approximate surface area is 180 Å². The van der Waals surface area contributed by atoms with Gasteiger partial charge in [-0.1, -0.05) is 58.6 Å². The Morgan fingerprint density at radius 1 is 0.871 bits per heavy atom. The van der Waals surface area contributed by atoms with Gasteiger partial charge in [-0.3, -0.25) is 0 Å². The summed E-state index contributed by atoms with van der Waals surface area (Å²) in [5, 5.41) is 0. The fourth-order valence-electron chi connectivity index (χ4n) is 2.84. The lowest BCUT2D eigenvalue weighted by Gasteiger charge is -2.57. The molecule has 0 N–H and O–H groups in total. The van der Waals surface area contributed by atoms with Crippen molar-refractivity contribution in [3.05, 3.63) is 48.3 Å². The van der Waals surface area contributed by atoms with Gasteiger partial charge in [0, 0.05) is 0 Å². The lowest BCUT2D eigenvalue weighted by Crippen LogP contribution is -2.88. The van der Waals surface area contributed by atoms with Gasteiger partial charge in [0.15, 0.2) is 0 Å². The molecular weight excluding hydrogens is 422 g/mol. The summed E-state index contributed by atoms with van der Waals surface area (Å²) in [5.74, 6) is -20.7. The van der Waals surface area contributed by atoms with Crippen molar-refractivity contribution in [2.75, 3.05) is 0 Å². The third-order valence-corrected chi connectivity index (χ3v) is 5.76. The first kappa shape index (κ1) is 27.3. The molecule has 1 aliphatic carbocycles. The van der Waals surface area contributed by atoms with Gasteiger partial charge in [0.05, 0.1) is 11.4 Å². The zero-order valence-corrected chi connectivity index (χ0v) is 19.1. The Hall–Kier alpha value is -1.70. The Balaban J connectivity index is 3.25. The molecule has 2 unspecified atom stereocenters. The van der Waals surface area contributed by atoms with Gasteiger partial charge < -0.3 is 9.47 Å². The Morgan fingerprint density at radius 2 is 1.39 bits per heavy atom. The summed E-state index contributed by atoms with van der Waals surface area (Å²) < 4.78 is 95.0. The minimum Gasteiger partial charge on any atom is -0.453 e. The van der Waals surface area contributed by atoms with Gasteiger partial charge in [0.1, 0.15) is 0 Å². The quantitative estimate of drug-likeness (QED) is 0.190. The van der Waals surface area contributed by atoms with Crippen molar-refractivity contribution in [2.45, 2.75) is 90.5 Å². The SMILES string of the molecule is C=C\C=C(/C=C\C=C(/C)OC1(F)C(F)(F)C(F)(F)C1(F)OC(C)(C)CC)C(C)(C)CC. The molecule has 178 valence electrons.